The van der Waals surface area contributed by atoms with E-state index in [0.717, 1.165) is 22.5 Å². The van der Waals surface area contributed by atoms with Crippen LogP contribution in [0.1, 0.15) is 13.8 Å². The van der Waals surface area contributed by atoms with E-state index in [1.807, 2.05) is 0 Å². The third-order valence-electron chi connectivity index (χ3n) is 3.89. The van der Waals surface area contributed by atoms with Crippen molar-refractivity contribution in [3.05, 3.63) is 29.8 Å². The van der Waals surface area contributed by atoms with Gasteiger partial charge < -0.3 is 5.32 Å². The van der Waals surface area contributed by atoms with Gasteiger partial charge in [0.05, 0.1) is 6.54 Å². The molecule has 0 atom stereocenters. The standard InChI is InChI=1S/C16H22F2N4O4S/c1-11(2)19-16(24)20-14(23)10-21-6-8-22(9-7-21)27(25,26)15-12(17)4-3-5-13(15)18/h3-5,11H,6-10H2,1-2H3,(H2,19,20,23,24). The Bertz CT molecular complexity index is 788. The van der Waals surface area contributed by atoms with Crippen molar-refractivity contribution in [3.63, 3.8) is 0 Å². The number of carbonyl (C=O) groups is 2. The van der Waals surface area contributed by atoms with Gasteiger partial charge in [0.25, 0.3) is 0 Å². The van der Waals surface area contributed by atoms with E-state index < -0.39 is 38.5 Å². The average molecular weight is 404 g/mol. The summed E-state index contributed by atoms with van der Waals surface area (Å²) in [6.07, 6.45) is 0. The minimum Gasteiger partial charge on any atom is -0.336 e. The largest absolute Gasteiger partial charge is 0.336 e. The summed E-state index contributed by atoms with van der Waals surface area (Å²) in [5.74, 6) is -2.81. The number of halogens is 2. The van der Waals surface area contributed by atoms with Crippen LogP contribution in [0, 0.1) is 11.6 Å². The van der Waals surface area contributed by atoms with Crippen molar-refractivity contribution in [2.24, 2.45) is 0 Å². The number of benzene rings is 1. The molecule has 11 heteroatoms. The minimum absolute atomic E-state index is 0.0262. The molecule has 1 aliphatic heterocycles. The van der Waals surface area contributed by atoms with Crippen molar-refractivity contribution in [2.45, 2.75) is 24.8 Å². The Balaban J connectivity index is 1.93. The second-order valence-electron chi connectivity index (χ2n) is 6.41. The number of hydrogen-bond acceptors (Lipinski definition) is 5. The molecule has 0 unspecified atom stereocenters. The highest BCUT2D eigenvalue weighted by molar-refractivity contribution is 7.89. The molecule has 27 heavy (non-hydrogen) atoms. The molecular weight excluding hydrogens is 382 g/mol. The number of nitrogens with one attached hydrogen (secondary N) is 2. The number of hydrogen-bond donors (Lipinski definition) is 2. The van der Waals surface area contributed by atoms with Crippen molar-refractivity contribution in [1.29, 1.82) is 0 Å². The third kappa shape index (κ3) is 5.44. The van der Waals surface area contributed by atoms with E-state index in [-0.39, 0.29) is 38.8 Å². The maximum atomic E-state index is 13.8. The lowest BCUT2D eigenvalue weighted by atomic mass is 10.3. The molecule has 1 aromatic carbocycles. The van der Waals surface area contributed by atoms with Gasteiger partial charge in [-0.25, -0.2) is 22.0 Å². The highest BCUT2D eigenvalue weighted by Crippen LogP contribution is 2.23. The normalized spacial score (nSPS) is 16.3. The van der Waals surface area contributed by atoms with Crippen molar-refractivity contribution >= 4 is 22.0 Å². The lowest BCUT2D eigenvalue weighted by molar-refractivity contribution is -0.121. The van der Waals surface area contributed by atoms with Crippen molar-refractivity contribution in [1.82, 2.24) is 19.8 Å². The maximum absolute atomic E-state index is 13.8. The van der Waals surface area contributed by atoms with Gasteiger partial charge in [-0.15, -0.1) is 0 Å². The zero-order valence-electron chi connectivity index (χ0n) is 15.0. The molecular formula is C16H22F2N4O4S. The van der Waals surface area contributed by atoms with Crippen LogP contribution in [-0.2, 0) is 14.8 Å². The zero-order chi connectivity index (χ0) is 20.2. The predicted molar refractivity (Wildman–Crippen MR) is 93.4 cm³/mol. The molecule has 0 spiro atoms. The van der Waals surface area contributed by atoms with Crippen LogP contribution < -0.4 is 10.6 Å². The fourth-order valence-corrected chi connectivity index (χ4v) is 4.18. The Hall–Kier alpha value is -2.11. The van der Waals surface area contributed by atoms with E-state index in [2.05, 4.69) is 10.6 Å². The van der Waals surface area contributed by atoms with Gasteiger partial charge in [0.2, 0.25) is 15.9 Å². The number of nitrogens with zero attached hydrogens (tertiary/aromatic N) is 2. The average Bonchev–Trinajstić information content (AvgIpc) is 2.53. The first kappa shape index (κ1) is 21.2. The van der Waals surface area contributed by atoms with E-state index >= 15 is 0 Å². The first-order valence-electron chi connectivity index (χ1n) is 8.38. The molecule has 1 heterocycles. The van der Waals surface area contributed by atoms with Gasteiger partial charge in [-0.05, 0) is 26.0 Å². The Kier molecular flexibility index (Phi) is 6.84. The maximum Gasteiger partial charge on any atom is 0.321 e. The van der Waals surface area contributed by atoms with Crippen LogP contribution in [0.5, 0.6) is 0 Å². The fourth-order valence-electron chi connectivity index (χ4n) is 2.65. The molecule has 0 aromatic heterocycles. The van der Waals surface area contributed by atoms with Crippen LogP contribution in [0.15, 0.2) is 23.1 Å². The lowest BCUT2D eigenvalue weighted by Gasteiger charge is -2.33. The molecule has 1 fully saturated rings. The molecule has 8 nitrogen and oxygen atoms in total. The van der Waals surface area contributed by atoms with Gasteiger partial charge in [-0.2, -0.15) is 4.31 Å². The number of rotatable bonds is 5. The Labute approximate surface area is 156 Å². The number of piperazine rings is 1. The van der Waals surface area contributed by atoms with Crippen LogP contribution in [-0.4, -0.2) is 68.3 Å². The Morgan fingerprint density at radius 1 is 1.11 bits per heavy atom. The van der Waals surface area contributed by atoms with Crippen molar-refractivity contribution < 1.29 is 26.8 Å². The SMILES string of the molecule is CC(C)NC(=O)NC(=O)CN1CCN(S(=O)(=O)c2c(F)cccc2F)CC1. The second kappa shape index (κ2) is 8.72. The molecule has 0 aliphatic carbocycles. The van der Waals surface area contributed by atoms with Crippen LogP contribution in [0.4, 0.5) is 13.6 Å². The van der Waals surface area contributed by atoms with E-state index in [1.54, 1.807) is 18.7 Å². The van der Waals surface area contributed by atoms with Crippen molar-refractivity contribution in [2.75, 3.05) is 32.7 Å². The molecule has 2 rings (SSSR count). The lowest BCUT2D eigenvalue weighted by Crippen LogP contribution is -2.52. The minimum atomic E-state index is -4.32. The van der Waals surface area contributed by atoms with Gasteiger partial charge in [0.15, 0.2) is 4.90 Å². The van der Waals surface area contributed by atoms with Crippen LogP contribution in [0.2, 0.25) is 0 Å². The third-order valence-corrected chi connectivity index (χ3v) is 5.84. The first-order valence-corrected chi connectivity index (χ1v) is 9.82. The molecule has 1 aliphatic rings. The van der Waals surface area contributed by atoms with E-state index in [9.17, 15) is 26.8 Å². The summed E-state index contributed by atoms with van der Waals surface area (Å²) in [5, 5.41) is 4.70. The topological polar surface area (TPSA) is 98.8 Å². The quantitative estimate of drug-likeness (QED) is 0.745. The molecule has 0 bridgehead atoms. The Morgan fingerprint density at radius 2 is 1.67 bits per heavy atom. The number of amides is 3. The summed E-state index contributed by atoms with van der Waals surface area (Å²) in [5.41, 5.74) is 0. The summed E-state index contributed by atoms with van der Waals surface area (Å²) in [7, 11) is -4.32. The molecule has 0 saturated carbocycles. The van der Waals surface area contributed by atoms with Crippen molar-refractivity contribution in [3.8, 4) is 0 Å². The van der Waals surface area contributed by atoms with Crippen LogP contribution >= 0.6 is 0 Å². The zero-order valence-corrected chi connectivity index (χ0v) is 15.9. The smallest absolute Gasteiger partial charge is 0.321 e. The summed E-state index contributed by atoms with van der Waals surface area (Å²) in [6, 6.07) is 2.14. The summed E-state index contributed by atoms with van der Waals surface area (Å²) in [4.78, 5) is 24.0. The Morgan fingerprint density at radius 3 is 2.19 bits per heavy atom. The van der Waals surface area contributed by atoms with E-state index in [0.29, 0.717) is 0 Å². The van der Waals surface area contributed by atoms with Gasteiger partial charge in [-0.1, -0.05) is 6.07 Å². The van der Waals surface area contributed by atoms with Gasteiger partial charge >= 0.3 is 6.03 Å². The molecule has 0 radical (unpaired) electrons. The van der Waals surface area contributed by atoms with E-state index in [1.165, 1.54) is 0 Å². The molecule has 1 aromatic rings. The number of carbonyl (C=O) groups excluding carboxylic acids is 2. The summed E-state index contributed by atoms with van der Waals surface area (Å²) >= 11 is 0. The highest BCUT2D eigenvalue weighted by atomic mass is 32.2. The highest BCUT2D eigenvalue weighted by Gasteiger charge is 2.33. The van der Waals surface area contributed by atoms with Gasteiger partial charge in [0.1, 0.15) is 11.6 Å². The number of urea groups is 1. The summed E-state index contributed by atoms with van der Waals surface area (Å²) in [6.45, 7) is 3.74. The molecule has 3 amide bonds. The molecule has 1 saturated heterocycles. The monoisotopic (exact) mass is 404 g/mol. The summed E-state index contributed by atoms with van der Waals surface area (Å²) < 4.78 is 53.6. The fraction of sp³-hybridized carbons (Fsp3) is 0.500. The first-order chi connectivity index (χ1) is 12.6. The predicted octanol–water partition coefficient (Wildman–Crippen LogP) is 0.505. The van der Waals surface area contributed by atoms with Crippen LogP contribution in [0.3, 0.4) is 0 Å². The molecule has 2 N–H and O–H groups in total. The van der Waals surface area contributed by atoms with E-state index in [4.69, 9.17) is 0 Å². The van der Waals surface area contributed by atoms with Crippen LogP contribution in [0.25, 0.3) is 0 Å². The number of imide groups is 1. The van der Waals surface area contributed by atoms with Gasteiger partial charge in [-0.3, -0.25) is 15.0 Å². The second-order valence-corrected chi connectivity index (χ2v) is 8.28. The van der Waals surface area contributed by atoms with Gasteiger partial charge in [0, 0.05) is 32.2 Å². The molecule has 150 valence electrons. The number of sulfonamides is 1.